The summed E-state index contributed by atoms with van der Waals surface area (Å²) in [6.45, 7) is 0. The third-order valence-electron chi connectivity index (χ3n) is 4.28. The molecule has 0 spiro atoms. The number of hydrogen-bond acceptors (Lipinski definition) is 3. The molecule has 1 heterocycles. The van der Waals surface area contributed by atoms with Crippen LogP contribution in [0.25, 0.3) is 0 Å². The Bertz CT molecular complexity index is 974. The van der Waals surface area contributed by atoms with Gasteiger partial charge in [-0.3, -0.25) is 14.4 Å². The van der Waals surface area contributed by atoms with Crippen molar-refractivity contribution < 1.29 is 18.4 Å². The highest BCUT2D eigenvalue weighted by Gasteiger charge is 2.26. The van der Waals surface area contributed by atoms with E-state index in [1.165, 1.54) is 6.07 Å². The fraction of sp³-hybridized carbons (Fsp3) is 0.235. The number of pyridine rings is 1. The van der Waals surface area contributed by atoms with E-state index in [-0.39, 0.29) is 16.1 Å². The summed E-state index contributed by atoms with van der Waals surface area (Å²) in [6, 6.07) is 2.26. The van der Waals surface area contributed by atoms with Crippen molar-refractivity contribution in [1.29, 1.82) is 0 Å². The second-order valence-corrected chi connectivity index (χ2v) is 6.38. The molecule has 3 rings (SSSR count). The summed E-state index contributed by atoms with van der Waals surface area (Å²) in [6.07, 6.45) is 1.78. The number of H-pyrrole nitrogens is 1. The summed E-state index contributed by atoms with van der Waals surface area (Å²) in [5.74, 6) is -3.92. The maximum atomic E-state index is 13.4. The fourth-order valence-electron chi connectivity index (χ4n) is 3.01. The number of fused-ring (bicyclic) bond motifs is 1. The van der Waals surface area contributed by atoms with Crippen molar-refractivity contribution in [3.8, 4) is 0 Å². The van der Waals surface area contributed by atoms with Crippen LogP contribution in [0.4, 0.5) is 8.78 Å². The number of primary amides is 1. The largest absolute Gasteiger partial charge is 0.365 e. The van der Waals surface area contributed by atoms with Gasteiger partial charge in [0.15, 0.2) is 11.6 Å². The molecule has 0 aliphatic heterocycles. The number of aromatic amines is 1. The fourth-order valence-corrected chi connectivity index (χ4v) is 3.24. The first kappa shape index (κ1) is 18.1. The van der Waals surface area contributed by atoms with Crippen molar-refractivity contribution in [2.75, 3.05) is 0 Å². The number of aryl methyl sites for hydroxylation is 1. The molecule has 9 heteroatoms. The quantitative estimate of drug-likeness (QED) is 0.710. The Labute approximate surface area is 151 Å². The number of amides is 2. The first-order chi connectivity index (χ1) is 12.3. The van der Waals surface area contributed by atoms with Crippen molar-refractivity contribution in [3.05, 3.63) is 67.6 Å². The lowest BCUT2D eigenvalue weighted by Crippen LogP contribution is -2.34. The van der Waals surface area contributed by atoms with Crippen LogP contribution in [0.5, 0.6) is 0 Å². The highest BCUT2D eigenvalue weighted by Crippen LogP contribution is 2.29. The molecule has 0 saturated carbocycles. The molecule has 1 atom stereocenters. The van der Waals surface area contributed by atoms with E-state index in [1.807, 2.05) is 0 Å². The molecule has 1 aromatic carbocycles. The smallest absolute Gasteiger partial charge is 0.261 e. The number of nitrogens with two attached hydrogens (primary N) is 1. The van der Waals surface area contributed by atoms with Gasteiger partial charge in [-0.2, -0.15) is 0 Å². The van der Waals surface area contributed by atoms with Crippen LogP contribution in [0.1, 0.15) is 50.9 Å². The van der Waals surface area contributed by atoms with Crippen molar-refractivity contribution >= 4 is 23.4 Å². The van der Waals surface area contributed by atoms with Crippen LogP contribution in [-0.4, -0.2) is 16.8 Å². The molecule has 1 aromatic heterocycles. The second-order valence-electron chi connectivity index (χ2n) is 5.97. The summed E-state index contributed by atoms with van der Waals surface area (Å²) in [4.78, 5) is 38.3. The minimum atomic E-state index is -1.19. The van der Waals surface area contributed by atoms with Crippen LogP contribution >= 0.6 is 11.6 Å². The van der Waals surface area contributed by atoms with E-state index in [2.05, 4.69) is 10.3 Å². The number of carbonyl (C=O) groups excluding carboxylic acids is 2. The lowest BCUT2D eigenvalue weighted by molar-refractivity contribution is 0.0932. The first-order valence-electron chi connectivity index (χ1n) is 7.79. The van der Waals surface area contributed by atoms with Gasteiger partial charge in [0, 0.05) is 5.69 Å². The Morgan fingerprint density at radius 1 is 1.19 bits per heavy atom. The van der Waals surface area contributed by atoms with Gasteiger partial charge in [-0.05, 0) is 43.0 Å². The molecule has 0 radical (unpaired) electrons. The Morgan fingerprint density at radius 2 is 1.88 bits per heavy atom. The molecule has 2 aromatic rings. The molecule has 2 amide bonds. The molecular formula is C17H14ClF2N3O3. The summed E-state index contributed by atoms with van der Waals surface area (Å²) in [5.41, 5.74) is 5.32. The van der Waals surface area contributed by atoms with Gasteiger partial charge < -0.3 is 16.0 Å². The topological polar surface area (TPSA) is 105 Å². The maximum Gasteiger partial charge on any atom is 0.261 e. The molecule has 0 saturated heterocycles. The van der Waals surface area contributed by atoms with E-state index >= 15 is 0 Å². The third-order valence-corrected chi connectivity index (χ3v) is 4.59. The highest BCUT2D eigenvalue weighted by atomic mass is 35.5. The molecule has 0 fully saturated rings. The molecule has 4 N–H and O–H groups in total. The van der Waals surface area contributed by atoms with Gasteiger partial charge in [-0.25, -0.2) is 8.78 Å². The van der Waals surface area contributed by atoms with Crippen LogP contribution in [-0.2, 0) is 6.42 Å². The average Bonchev–Trinajstić information content (AvgIpc) is 2.57. The van der Waals surface area contributed by atoms with Crippen LogP contribution in [0.15, 0.2) is 23.0 Å². The van der Waals surface area contributed by atoms with E-state index < -0.39 is 35.0 Å². The van der Waals surface area contributed by atoms with Crippen LogP contribution in [0.3, 0.4) is 0 Å². The average molecular weight is 382 g/mol. The number of benzene rings is 1. The number of rotatable bonds is 3. The van der Waals surface area contributed by atoms with E-state index in [1.54, 1.807) is 0 Å². The van der Waals surface area contributed by atoms with E-state index in [0.717, 1.165) is 12.1 Å². The Kier molecular flexibility index (Phi) is 4.78. The van der Waals surface area contributed by atoms with Gasteiger partial charge in [0.1, 0.15) is 5.56 Å². The zero-order valence-electron chi connectivity index (χ0n) is 13.4. The predicted octanol–water partition coefficient (Wildman–Crippen LogP) is 2.21. The minimum Gasteiger partial charge on any atom is -0.365 e. The molecule has 6 nitrogen and oxygen atoms in total. The number of carbonyl (C=O) groups is 2. The van der Waals surface area contributed by atoms with Crippen molar-refractivity contribution in [1.82, 2.24) is 10.3 Å². The number of aromatic nitrogens is 1. The van der Waals surface area contributed by atoms with E-state index in [9.17, 15) is 23.2 Å². The number of hydrogen-bond donors (Lipinski definition) is 3. The maximum absolute atomic E-state index is 13.4. The Balaban J connectivity index is 1.94. The van der Waals surface area contributed by atoms with E-state index in [0.29, 0.717) is 30.5 Å². The molecule has 1 aliphatic carbocycles. The van der Waals surface area contributed by atoms with Crippen molar-refractivity contribution in [2.24, 2.45) is 5.73 Å². The normalized spacial score (nSPS) is 16.0. The zero-order valence-corrected chi connectivity index (χ0v) is 14.1. The molecular weight excluding hydrogens is 368 g/mol. The lowest BCUT2D eigenvalue weighted by atomic mass is 9.90. The molecule has 0 bridgehead atoms. The highest BCUT2D eigenvalue weighted by molar-refractivity contribution is 6.33. The summed E-state index contributed by atoms with van der Waals surface area (Å²) in [7, 11) is 0. The minimum absolute atomic E-state index is 0.211. The van der Waals surface area contributed by atoms with Crippen LogP contribution < -0.4 is 16.6 Å². The van der Waals surface area contributed by atoms with Crippen molar-refractivity contribution in [3.63, 3.8) is 0 Å². The summed E-state index contributed by atoms with van der Waals surface area (Å²) < 4.78 is 26.6. The summed E-state index contributed by atoms with van der Waals surface area (Å²) >= 11 is 5.83. The Hall–Kier alpha value is -2.74. The van der Waals surface area contributed by atoms with Gasteiger partial charge in [0.2, 0.25) is 0 Å². The standard InChI is InChI=1S/C17H14ClF2N3O3/c18-10-6-12(20)11(19)5-7(10)16(25)22-13-2-1-3-14-8(13)4-9(15(21)24)17(26)23-14/h4-6,13H,1-3H2,(H2,21,24)(H,22,25)(H,23,26). The molecule has 1 aliphatic rings. The zero-order chi connectivity index (χ0) is 19.0. The number of nitrogens with one attached hydrogen (secondary N) is 2. The Morgan fingerprint density at radius 3 is 2.58 bits per heavy atom. The van der Waals surface area contributed by atoms with Crippen LogP contribution in [0, 0.1) is 11.6 Å². The van der Waals surface area contributed by atoms with Gasteiger partial charge in [-0.1, -0.05) is 11.6 Å². The van der Waals surface area contributed by atoms with Crippen molar-refractivity contribution in [2.45, 2.75) is 25.3 Å². The van der Waals surface area contributed by atoms with Gasteiger partial charge in [0.25, 0.3) is 17.4 Å². The number of halogens is 3. The van der Waals surface area contributed by atoms with E-state index in [4.69, 9.17) is 17.3 Å². The second kappa shape index (κ2) is 6.87. The lowest BCUT2D eigenvalue weighted by Gasteiger charge is -2.26. The third kappa shape index (κ3) is 3.32. The molecule has 1 unspecified atom stereocenters. The van der Waals surface area contributed by atoms with Gasteiger partial charge >= 0.3 is 0 Å². The monoisotopic (exact) mass is 381 g/mol. The predicted molar refractivity (Wildman–Crippen MR) is 90.1 cm³/mol. The van der Waals surface area contributed by atoms with Gasteiger partial charge in [-0.15, -0.1) is 0 Å². The van der Waals surface area contributed by atoms with Crippen LogP contribution in [0.2, 0.25) is 5.02 Å². The summed E-state index contributed by atoms with van der Waals surface area (Å²) in [5, 5.41) is 2.45. The molecule has 26 heavy (non-hydrogen) atoms. The first-order valence-corrected chi connectivity index (χ1v) is 8.17. The molecule has 136 valence electrons. The van der Waals surface area contributed by atoms with Gasteiger partial charge in [0.05, 0.1) is 16.6 Å². The SMILES string of the molecule is NC(=O)c1cc2c([nH]c1=O)CCCC2NC(=O)c1cc(F)c(F)cc1Cl.